The lowest BCUT2D eigenvalue weighted by Crippen LogP contribution is -2.61. The van der Waals surface area contributed by atoms with Crippen LogP contribution < -0.4 is 21.3 Å². The number of likely N-dealkylation sites (tertiary alicyclic amines) is 1. The van der Waals surface area contributed by atoms with Crippen molar-refractivity contribution < 1.29 is 33.6 Å². The maximum absolute atomic E-state index is 13.4. The monoisotopic (exact) mass is 548 g/mol. The molecule has 14 heteroatoms. The van der Waals surface area contributed by atoms with Gasteiger partial charge in [-0.05, 0) is 59.1 Å². The smallest absolute Gasteiger partial charge is 0.408 e. The molecule has 0 bridgehead atoms. The van der Waals surface area contributed by atoms with Gasteiger partial charge in [-0.25, -0.2) is 4.79 Å². The zero-order chi connectivity index (χ0) is 29.4. The fourth-order valence-corrected chi connectivity index (χ4v) is 3.87. The topological polar surface area (TPSA) is 189 Å². The van der Waals surface area contributed by atoms with E-state index in [9.17, 15) is 34.1 Å². The van der Waals surface area contributed by atoms with Crippen molar-refractivity contribution in [2.24, 2.45) is 0 Å². The van der Waals surface area contributed by atoms with Gasteiger partial charge < -0.3 is 30.9 Å². The van der Waals surface area contributed by atoms with Crippen LogP contribution in [0.5, 0.6) is 0 Å². The summed E-state index contributed by atoms with van der Waals surface area (Å²) in [5.41, 5.74) is -1.86. The van der Waals surface area contributed by atoms with E-state index in [1.165, 1.54) is 29.2 Å². The van der Waals surface area contributed by atoms with E-state index >= 15 is 0 Å². The van der Waals surface area contributed by atoms with Crippen molar-refractivity contribution in [3.05, 3.63) is 34.4 Å². The number of benzene rings is 1. The summed E-state index contributed by atoms with van der Waals surface area (Å²) in [5.74, 6) is -2.11. The number of nitrogens with one attached hydrogen (secondary N) is 4. The number of nitro groups is 1. The molecule has 0 spiro atoms. The fraction of sp³-hybridized carbons (Fsp3) is 0.560. The quantitative estimate of drug-likeness (QED) is 0.249. The van der Waals surface area contributed by atoms with E-state index in [2.05, 4.69) is 21.3 Å². The van der Waals surface area contributed by atoms with Gasteiger partial charge in [0.05, 0.1) is 11.5 Å². The minimum Gasteiger partial charge on any atom is -0.444 e. The molecule has 214 valence electrons. The molecule has 0 radical (unpaired) electrons. The molecule has 14 nitrogen and oxygen atoms in total. The highest BCUT2D eigenvalue weighted by atomic mass is 16.6. The highest BCUT2D eigenvalue weighted by Crippen LogP contribution is 2.23. The number of hydrogen-bond donors (Lipinski definition) is 4. The minimum absolute atomic E-state index is 0.123. The Hall–Kier alpha value is -4.23. The van der Waals surface area contributed by atoms with E-state index in [1.54, 1.807) is 34.6 Å². The summed E-state index contributed by atoms with van der Waals surface area (Å²) in [7, 11) is 0. The van der Waals surface area contributed by atoms with Crippen LogP contribution in [0.4, 0.5) is 16.2 Å². The number of rotatable bonds is 10. The molecule has 1 aliphatic heterocycles. The second-order valence-electron chi connectivity index (χ2n) is 10.3. The number of anilines is 1. The third-order valence-electron chi connectivity index (χ3n) is 5.99. The van der Waals surface area contributed by atoms with E-state index < -0.39 is 58.4 Å². The third-order valence-corrected chi connectivity index (χ3v) is 5.99. The Morgan fingerprint density at radius 1 is 1.03 bits per heavy atom. The number of ether oxygens (including phenoxy) is 1. The lowest BCUT2D eigenvalue weighted by molar-refractivity contribution is -0.384. The van der Waals surface area contributed by atoms with Gasteiger partial charge in [0.2, 0.25) is 23.6 Å². The summed E-state index contributed by atoms with van der Waals surface area (Å²) in [6.45, 7) is 7.86. The summed E-state index contributed by atoms with van der Waals surface area (Å²) in [4.78, 5) is 74.4. The van der Waals surface area contributed by atoms with Gasteiger partial charge >= 0.3 is 6.09 Å². The van der Waals surface area contributed by atoms with Crippen LogP contribution in [0.25, 0.3) is 0 Å². The largest absolute Gasteiger partial charge is 0.444 e. The van der Waals surface area contributed by atoms with E-state index in [1.807, 2.05) is 0 Å². The van der Waals surface area contributed by atoms with Crippen LogP contribution in [-0.2, 0) is 23.9 Å². The molecule has 0 unspecified atom stereocenters. The molecule has 1 fully saturated rings. The Labute approximate surface area is 226 Å². The average molecular weight is 549 g/mol. The maximum Gasteiger partial charge on any atom is 0.408 e. The van der Waals surface area contributed by atoms with Gasteiger partial charge in [0.25, 0.3) is 5.69 Å². The van der Waals surface area contributed by atoms with Crippen molar-refractivity contribution in [2.75, 3.05) is 25.0 Å². The first kappa shape index (κ1) is 31.0. The van der Waals surface area contributed by atoms with Gasteiger partial charge in [0.15, 0.2) is 0 Å². The minimum atomic E-state index is -1.33. The number of hydrogen-bond acceptors (Lipinski definition) is 8. The standard InChI is InChI=1S/C25H36N6O8/c1-6-25(5,29-20(33)15-27-23(36)39-24(2,3)4)22(35)30-13-7-8-18(30)21(34)26-14-19(32)28-16-9-11-17(12-10-16)31(37)38/h9-12,18H,6-8,13-15H2,1-5H3,(H,26,34)(H,27,36)(H,28,32)(H,29,33)/t18-,25+/m0/s1. The van der Waals surface area contributed by atoms with Gasteiger partial charge in [0, 0.05) is 24.4 Å². The fourth-order valence-electron chi connectivity index (χ4n) is 3.87. The molecular weight excluding hydrogens is 512 g/mol. The van der Waals surface area contributed by atoms with Gasteiger partial charge in [-0.15, -0.1) is 0 Å². The maximum atomic E-state index is 13.4. The van der Waals surface area contributed by atoms with Crippen molar-refractivity contribution in [1.29, 1.82) is 0 Å². The van der Waals surface area contributed by atoms with Gasteiger partial charge in [0.1, 0.15) is 23.7 Å². The van der Waals surface area contributed by atoms with Gasteiger partial charge in [-0.2, -0.15) is 0 Å². The second-order valence-corrected chi connectivity index (χ2v) is 10.3. The predicted octanol–water partition coefficient (Wildman–Crippen LogP) is 1.45. The highest BCUT2D eigenvalue weighted by Gasteiger charge is 2.43. The molecule has 1 saturated heterocycles. The number of alkyl carbamates (subject to hydrolysis) is 1. The van der Waals surface area contributed by atoms with Gasteiger partial charge in [-0.3, -0.25) is 29.3 Å². The Balaban J connectivity index is 1.92. The second kappa shape index (κ2) is 13.0. The molecule has 1 heterocycles. The Morgan fingerprint density at radius 3 is 2.21 bits per heavy atom. The van der Waals surface area contributed by atoms with E-state index in [4.69, 9.17) is 4.74 Å². The van der Waals surface area contributed by atoms with E-state index in [0.717, 1.165) is 0 Å². The van der Waals surface area contributed by atoms with Crippen LogP contribution in [0.15, 0.2) is 24.3 Å². The molecule has 0 aromatic heterocycles. The van der Waals surface area contributed by atoms with E-state index in [0.29, 0.717) is 25.1 Å². The normalized spacial score (nSPS) is 16.4. The zero-order valence-corrected chi connectivity index (χ0v) is 22.8. The van der Waals surface area contributed by atoms with Crippen molar-refractivity contribution in [3.8, 4) is 0 Å². The number of nitro benzene ring substituents is 1. The number of nitrogens with zero attached hydrogens (tertiary/aromatic N) is 2. The number of carbonyl (C=O) groups excluding carboxylic acids is 5. The molecule has 39 heavy (non-hydrogen) atoms. The van der Waals surface area contributed by atoms with Gasteiger partial charge in [-0.1, -0.05) is 6.92 Å². The lowest BCUT2D eigenvalue weighted by atomic mass is 9.96. The number of carbonyl (C=O) groups is 5. The molecule has 1 aliphatic rings. The molecule has 5 amide bonds. The Kier molecular flexibility index (Phi) is 10.3. The molecule has 0 saturated carbocycles. The highest BCUT2D eigenvalue weighted by molar-refractivity contribution is 5.98. The first-order valence-electron chi connectivity index (χ1n) is 12.6. The molecule has 0 aliphatic carbocycles. The van der Waals surface area contributed by atoms with Crippen LogP contribution in [0.2, 0.25) is 0 Å². The Morgan fingerprint density at radius 2 is 1.64 bits per heavy atom. The van der Waals surface area contributed by atoms with Crippen molar-refractivity contribution >= 4 is 41.1 Å². The number of non-ortho nitro benzene ring substituents is 1. The summed E-state index contributed by atoms with van der Waals surface area (Å²) in [6, 6.07) is 4.41. The zero-order valence-electron chi connectivity index (χ0n) is 22.8. The summed E-state index contributed by atoms with van der Waals surface area (Å²) < 4.78 is 5.10. The van der Waals surface area contributed by atoms with Crippen LogP contribution in [-0.4, -0.2) is 76.4 Å². The molecule has 2 rings (SSSR count). The van der Waals surface area contributed by atoms with Crippen LogP contribution in [0.1, 0.15) is 53.9 Å². The molecular formula is C25H36N6O8. The third kappa shape index (κ3) is 9.23. The first-order chi connectivity index (χ1) is 18.1. The van der Waals surface area contributed by atoms with Crippen LogP contribution >= 0.6 is 0 Å². The molecule has 4 N–H and O–H groups in total. The molecule has 1 aromatic carbocycles. The van der Waals surface area contributed by atoms with Crippen LogP contribution in [0, 0.1) is 10.1 Å². The predicted molar refractivity (Wildman–Crippen MR) is 141 cm³/mol. The lowest BCUT2D eigenvalue weighted by Gasteiger charge is -2.35. The SMILES string of the molecule is CC[C@@](C)(NC(=O)CNC(=O)OC(C)(C)C)C(=O)N1CCC[C@H]1C(=O)NCC(=O)Nc1ccc([N+](=O)[O-])cc1. The molecule has 2 atom stereocenters. The van der Waals surface area contributed by atoms with Crippen LogP contribution in [0.3, 0.4) is 0 Å². The van der Waals surface area contributed by atoms with E-state index in [-0.39, 0.29) is 18.7 Å². The van der Waals surface area contributed by atoms with Crippen molar-refractivity contribution in [1.82, 2.24) is 20.9 Å². The Bertz CT molecular complexity index is 1100. The van der Waals surface area contributed by atoms with Crippen molar-refractivity contribution in [2.45, 2.75) is 71.1 Å². The summed E-state index contributed by atoms with van der Waals surface area (Å²) >= 11 is 0. The summed E-state index contributed by atoms with van der Waals surface area (Å²) in [6.07, 6.45) is 0.408. The molecule has 1 aromatic rings. The summed E-state index contributed by atoms with van der Waals surface area (Å²) in [5, 5.41) is 20.8. The first-order valence-corrected chi connectivity index (χ1v) is 12.6. The average Bonchev–Trinajstić information content (AvgIpc) is 3.35. The van der Waals surface area contributed by atoms with Crippen molar-refractivity contribution in [3.63, 3.8) is 0 Å². The number of amides is 5.